The molecule has 2 saturated heterocycles. The third-order valence-corrected chi connectivity index (χ3v) is 6.40. The molecule has 0 unspecified atom stereocenters. The second kappa shape index (κ2) is 8.62. The molecule has 4 rings (SSSR count). The number of benzene rings is 1. The van der Waals surface area contributed by atoms with Gasteiger partial charge in [-0.15, -0.1) is 0 Å². The van der Waals surface area contributed by atoms with Crippen molar-refractivity contribution in [2.45, 2.75) is 37.6 Å². The SMILES string of the molecule is O=C(NCc1ccc(N2CCCC2)nc1)C1(c2ccc(Br)cc2)CCOCC1. The van der Waals surface area contributed by atoms with E-state index in [-0.39, 0.29) is 5.91 Å². The summed E-state index contributed by atoms with van der Waals surface area (Å²) in [6.45, 7) is 3.87. The fourth-order valence-corrected chi connectivity index (χ4v) is 4.41. The average Bonchev–Trinajstić information content (AvgIpc) is 3.28. The maximum Gasteiger partial charge on any atom is 0.231 e. The van der Waals surface area contributed by atoms with E-state index in [1.807, 2.05) is 30.5 Å². The van der Waals surface area contributed by atoms with Crippen LogP contribution in [-0.2, 0) is 21.5 Å². The third kappa shape index (κ3) is 4.08. The largest absolute Gasteiger partial charge is 0.381 e. The Labute approximate surface area is 174 Å². The molecule has 0 spiro atoms. The van der Waals surface area contributed by atoms with Gasteiger partial charge in [-0.2, -0.15) is 0 Å². The molecule has 28 heavy (non-hydrogen) atoms. The monoisotopic (exact) mass is 443 g/mol. The number of amides is 1. The molecule has 2 aromatic rings. The lowest BCUT2D eigenvalue weighted by Crippen LogP contribution is -2.47. The Kier molecular flexibility index (Phi) is 5.97. The van der Waals surface area contributed by atoms with E-state index in [0.717, 1.165) is 34.5 Å². The van der Waals surface area contributed by atoms with Gasteiger partial charge in [0, 0.05) is 43.5 Å². The Hall–Kier alpha value is -1.92. The van der Waals surface area contributed by atoms with E-state index in [1.54, 1.807) is 0 Å². The summed E-state index contributed by atoms with van der Waals surface area (Å²) in [5, 5.41) is 3.15. The minimum absolute atomic E-state index is 0.0711. The van der Waals surface area contributed by atoms with E-state index in [9.17, 15) is 4.79 Å². The predicted molar refractivity (Wildman–Crippen MR) is 113 cm³/mol. The number of hydrogen-bond acceptors (Lipinski definition) is 4. The zero-order valence-electron chi connectivity index (χ0n) is 16.0. The predicted octanol–water partition coefficient (Wildman–Crippen LogP) is 3.81. The standard InChI is InChI=1S/C22H26BrN3O2/c23-19-6-4-18(5-7-19)22(9-13-28-14-10-22)21(27)25-16-17-3-8-20(24-15-17)26-11-1-2-12-26/h3-8,15H,1-2,9-14,16H2,(H,25,27). The van der Waals surface area contributed by atoms with Crippen molar-refractivity contribution in [3.05, 3.63) is 58.2 Å². The maximum absolute atomic E-state index is 13.2. The Bertz CT molecular complexity index is 796. The normalized spacial score (nSPS) is 18.8. The van der Waals surface area contributed by atoms with Gasteiger partial charge in [-0.25, -0.2) is 4.98 Å². The molecule has 2 aliphatic rings. The van der Waals surface area contributed by atoms with Crippen LogP contribution in [0.1, 0.15) is 36.8 Å². The van der Waals surface area contributed by atoms with Crippen molar-refractivity contribution in [3.63, 3.8) is 0 Å². The first-order chi connectivity index (χ1) is 13.7. The first-order valence-corrected chi connectivity index (χ1v) is 10.8. The summed E-state index contributed by atoms with van der Waals surface area (Å²) in [5.41, 5.74) is 1.55. The van der Waals surface area contributed by atoms with Crippen molar-refractivity contribution in [1.29, 1.82) is 0 Å². The van der Waals surface area contributed by atoms with Crippen LogP contribution >= 0.6 is 15.9 Å². The number of nitrogens with one attached hydrogen (secondary N) is 1. The van der Waals surface area contributed by atoms with Crippen LogP contribution < -0.4 is 10.2 Å². The summed E-state index contributed by atoms with van der Waals surface area (Å²) in [5.74, 6) is 1.10. The molecular formula is C22H26BrN3O2. The molecule has 0 saturated carbocycles. The van der Waals surface area contributed by atoms with E-state index >= 15 is 0 Å². The van der Waals surface area contributed by atoms with E-state index in [1.165, 1.54) is 12.8 Å². The van der Waals surface area contributed by atoms with Gasteiger partial charge in [0.1, 0.15) is 5.82 Å². The lowest BCUT2D eigenvalue weighted by molar-refractivity contribution is -0.130. The molecule has 0 aliphatic carbocycles. The molecule has 5 nitrogen and oxygen atoms in total. The highest BCUT2D eigenvalue weighted by Gasteiger charge is 2.41. The van der Waals surface area contributed by atoms with E-state index in [0.29, 0.717) is 32.6 Å². The fraction of sp³-hybridized carbons (Fsp3) is 0.455. The number of ether oxygens (including phenoxy) is 1. The van der Waals surface area contributed by atoms with E-state index in [4.69, 9.17) is 4.74 Å². The summed E-state index contributed by atoms with van der Waals surface area (Å²) >= 11 is 3.48. The molecule has 148 valence electrons. The molecule has 2 aliphatic heterocycles. The van der Waals surface area contributed by atoms with Gasteiger partial charge >= 0.3 is 0 Å². The molecule has 1 amide bonds. The Morgan fingerprint density at radius 2 is 1.82 bits per heavy atom. The second-order valence-electron chi connectivity index (χ2n) is 7.60. The van der Waals surface area contributed by atoms with Crippen LogP contribution in [0.15, 0.2) is 47.1 Å². The molecule has 1 N–H and O–H groups in total. The zero-order valence-corrected chi connectivity index (χ0v) is 17.6. The molecule has 0 atom stereocenters. The van der Waals surface area contributed by atoms with E-state index in [2.05, 4.69) is 43.3 Å². The zero-order chi connectivity index (χ0) is 19.4. The van der Waals surface area contributed by atoms with Gasteiger partial charge in [-0.1, -0.05) is 34.1 Å². The van der Waals surface area contributed by atoms with Gasteiger partial charge in [0.25, 0.3) is 0 Å². The molecule has 1 aromatic heterocycles. The van der Waals surface area contributed by atoms with Crippen molar-refractivity contribution in [3.8, 4) is 0 Å². The third-order valence-electron chi connectivity index (χ3n) is 5.87. The summed E-state index contributed by atoms with van der Waals surface area (Å²) in [6, 6.07) is 12.2. The lowest BCUT2D eigenvalue weighted by Gasteiger charge is -2.36. The minimum Gasteiger partial charge on any atom is -0.381 e. The quantitative estimate of drug-likeness (QED) is 0.762. The maximum atomic E-state index is 13.2. The van der Waals surface area contributed by atoms with Crippen LogP contribution in [0.2, 0.25) is 0 Å². The van der Waals surface area contributed by atoms with E-state index < -0.39 is 5.41 Å². The topological polar surface area (TPSA) is 54.5 Å². The molecular weight excluding hydrogens is 418 g/mol. The highest BCUT2D eigenvalue weighted by molar-refractivity contribution is 9.10. The smallest absolute Gasteiger partial charge is 0.231 e. The highest BCUT2D eigenvalue weighted by atomic mass is 79.9. The van der Waals surface area contributed by atoms with Gasteiger partial charge in [0.2, 0.25) is 5.91 Å². The number of anilines is 1. The first kappa shape index (κ1) is 19.4. The molecule has 0 bridgehead atoms. The summed E-state index contributed by atoms with van der Waals surface area (Å²) in [6.07, 6.45) is 5.76. The Morgan fingerprint density at radius 3 is 2.46 bits per heavy atom. The number of hydrogen-bond donors (Lipinski definition) is 1. The number of rotatable bonds is 5. The van der Waals surface area contributed by atoms with Crippen LogP contribution in [0.3, 0.4) is 0 Å². The van der Waals surface area contributed by atoms with Gasteiger partial charge in [-0.05, 0) is 55.0 Å². The molecule has 1 aromatic carbocycles. The molecule has 3 heterocycles. The highest BCUT2D eigenvalue weighted by Crippen LogP contribution is 2.36. The van der Waals surface area contributed by atoms with Crippen LogP contribution in [-0.4, -0.2) is 37.2 Å². The first-order valence-electron chi connectivity index (χ1n) is 9.99. The number of carbonyl (C=O) groups excluding carboxylic acids is 1. The van der Waals surface area contributed by atoms with Gasteiger partial charge in [-0.3, -0.25) is 4.79 Å². The minimum atomic E-state index is -0.526. The average molecular weight is 444 g/mol. The fourth-order valence-electron chi connectivity index (χ4n) is 4.14. The summed E-state index contributed by atoms with van der Waals surface area (Å²) < 4.78 is 6.56. The number of nitrogens with zero attached hydrogens (tertiary/aromatic N) is 2. The van der Waals surface area contributed by atoms with Crippen molar-refractivity contribution in [2.24, 2.45) is 0 Å². The van der Waals surface area contributed by atoms with Crippen LogP contribution in [0.4, 0.5) is 5.82 Å². The molecule has 6 heteroatoms. The van der Waals surface area contributed by atoms with Crippen LogP contribution in [0, 0.1) is 0 Å². The summed E-state index contributed by atoms with van der Waals surface area (Å²) in [7, 11) is 0. The van der Waals surface area contributed by atoms with Crippen LogP contribution in [0.25, 0.3) is 0 Å². The second-order valence-corrected chi connectivity index (χ2v) is 8.52. The van der Waals surface area contributed by atoms with Crippen LogP contribution in [0.5, 0.6) is 0 Å². The van der Waals surface area contributed by atoms with Crippen molar-refractivity contribution in [1.82, 2.24) is 10.3 Å². The molecule has 0 radical (unpaired) electrons. The number of halogens is 1. The van der Waals surface area contributed by atoms with Crippen molar-refractivity contribution < 1.29 is 9.53 Å². The Morgan fingerprint density at radius 1 is 1.11 bits per heavy atom. The summed E-state index contributed by atoms with van der Waals surface area (Å²) in [4.78, 5) is 20.1. The lowest BCUT2D eigenvalue weighted by atomic mass is 9.73. The van der Waals surface area contributed by atoms with Gasteiger partial charge in [0.15, 0.2) is 0 Å². The van der Waals surface area contributed by atoms with Crippen molar-refractivity contribution in [2.75, 3.05) is 31.2 Å². The van der Waals surface area contributed by atoms with Gasteiger partial charge < -0.3 is 15.0 Å². The number of pyridine rings is 1. The number of carbonyl (C=O) groups is 1. The number of aromatic nitrogens is 1. The van der Waals surface area contributed by atoms with Crippen molar-refractivity contribution >= 4 is 27.7 Å². The molecule has 2 fully saturated rings. The Balaban J connectivity index is 1.45. The van der Waals surface area contributed by atoms with Gasteiger partial charge in [0.05, 0.1) is 5.41 Å².